The Hall–Kier alpha value is -0.975. The molecule has 0 aliphatic carbocycles. The molecule has 4 nitrogen and oxygen atoms in total. The van der Waals surface area contributed by atoms with Gasteiger partial charge >= 0.3 is 13.5 Å². The summed E-state index contributed by atoms with van der Waals surface area (Å²) in [6, 6.07) is 3.22. The molecular weight excluding hydrogens is 271 g/mol. The quantitative estimate of drug-likeness (QED) is 0.626. The lowest BCUT2D eigenvalue weighted by Crippen LogP contribution is -2.34. The molecule has 0 saturated carbocycles. The molecule has 0 saturated heterocycles. The number of halogens is 3. The van der Waals surface area contributed by atoms with E-state index in [1.807, 2.05) is 0 Å². The molecule has 0 amide bonds. The van der Waals surface area contributed by atoms with Gasteiger partial charge in [0.05, 0.1) is 0 Å². The van der Waals surface area contributed by atoms with Crippen molar-refractivity contribution in [1.29, 1.82) is 0 Å². The van der Waals surface area contributed by atoms with Crippen LogP contribution in [-0.4, -0.2) is 36.9 Å². The van der Waals surface area contributed by atoms with E-state index in [2.05, 4.69) is 4.74 Å². The van der Waals surface area contributed by atoms with Crippen LogP contribution in [0.1, 0.15) is 0 Å². The molecule has 0 aliphatic heterocycles. The maximum Gasteiger partial charge on any atom is 0.573 e. The lowest BCUT2D eigenvalue weighted by molar-refractivity contribution is -0.274. The zero-order valence-electron chi connectivity index (χ0n) is 9.60. The van der Waals surface area contributed by atoms with E-state index in [9.17, 15) is 17.7 Å². The summed E-state index contributed by atoms with van der Waals surface area (Å²) in [6.07, 6.45) is -4.96. The SMILES string of the molecule is CP(C)(=O)c1ccc(B(O)O)c(OC(F)(F)F)c1. The second kappa shape index (κ2) is 4.95. The third-order valence-electron chi connectivity index (χ3n) is 2.12. The molecule has 0 radical (unpaired) electrons. The van der Waals surface area contributed by atoms with Crippen LogP contribution in [0.4, 0.5) is 13.2 Å². The molecule has 1 aromatic carbocycles. The maximum atomic E-state index is 12.2. The van der Waals surface area contributed by atoms with Crippen molar-refractivity contribution in [2.75, 3.05) is 13.3 Å². The Bertz CT molecular complexity index is 483. The van der Waals surface area contributed by atoms with Crippen LogP contribution in [0.5, 0.6) is 5.75 Å². The van der Waals surface area contributed by atoms with Gasteiger partial charge < -0.3 is 19.3 Å². The molecule has 0 fully saturated rings. The largest absolute Gasteiger partial charge is 0.573 e. The third-order valence-corrected chi connectivity index (χ3v) is 3.64. The van der Waals surface area contributed by atoms with Gasteiger partial charge in [0.15, 0.2) is 0 Å². The molecule has 2 N–H and O–H groups in total. The zero-order chi connectivity index (χ0) is 14.1. The summed E-state index contributed by atoms with van der Waals surface area (Å²) in [6.45, 7) is 2.77. The van der Waals surface area contributed by atoms with Crippen LogP contribution in [0.15, 0.2) is 18.2 Å². The smallest absolute Gasteiger partial charge is 0.423 e. The van der Waals surface area contributed by atoms with Crippen molar-refractivity contribution in [3.05, 3.63) is 18.2 Å². The molecule has 9 heteroatoms. The summed E-state index contributed by atoms with van der Waals surface area (Å²) in [5.41, 5.74) is -0.440. The first kappa shape index (κ1) is 15.1. The fourth-order valence-corrected chi connectivity index (χ4v) is 2.15. The Morgan fingerprint density at radius 3 is 2.22 bits per heavy atom. The molecule has 100 valence electrons. The van der Waals surface area contributed by atoms with Gasteiger partial charge in [0, 0.05) is 10.8 Å². The van der Waals surface area contributed by atoms with Gasteiger partial charge in [-0.05, 0) is 19.4 Å². The summed E-state index contributed by atoms with van der Waals surface area (Å²) in [5, 5.41) is 18.0. The van der Waals surface area contributed by atoms with E-state index < -0.39 is 31.8 Å². The average molecular weight is 282 g/mol. The highest BCUT2D eigenvalue weighted by molar-refractivity contribution is 7.70. The molecule has 18 heavy (non-hydrogen) atoms. The van der Waals surface area contributed by atoms with E-state index in [0.29, 0.717) is 0 Å². The van der Waals surface area contributed by atoms with Crippen LogP contribution in [0.3, 0.4) is 0 Å². The monoisotopic (exact) mass is 282 g/mol. The van der Waals surface area contributed by atoms with Crippen molar-refractivity contribution in [2.45, 2.75) is 6.36 Å². The Balaban J connectivity index is 3.29. The van der Waals surface area contributed by atoms with Gasteiger partial charge in [-0.15, -0.1) is 13.2 Å². The highest BCUT2D eigenvalue weighted by Crippen LogP contribution is 2.35. The second-order valence-electron chi connectivity index (χ2n) is 3.99. The Kier molecular flexibility index (Phi) is 4.15. The van der Waals surface area contributed by atoms with Crippen LogP contribution in [-0.2, 0) is 4.57 Å². The predicted molar refractivity (Wildman–Crippen MR) is 62.0 cm³/mol. The first-order valence-corrected chi connectivity index (χ1v) is 7.42. The van der Waals surface area contributed by atoms with Gasteiger partial charge in [-0.2, -0.15) is 0 Å². The van der Waals surface area contributed by atoms with Crippen molar-refractivity contribution < 1.29 is 32.5 Å². The molecule has 0 heterocycles. The third kappa shape index (κ3) is 4.05. The number of ether oxygens (including phenoxy) is 1. The predicted octanol–water partition coefficient (Wildman–Crippen LogP) is 0.513. The summed E-state index contributed by atoms with van der Waals surface area (Å²) in [4.78, 5) is 0. The van der Waals surface area contributed by atoms with Crippen LogP contribution in [0.2, 0.25) is 0 Å². The topological polar surface area (TPSA) is 66.8 Å². The molecular formula is C9H11BF3O4P. The molecule has 1 rings (SSSR count). The molecule has 0 spiro atoms. The first-order chi connectivity index (χ1) is 8.00. The van der Waals surface area contributed by atoms with Gasteiger partial charge in [-0.25, -0.2) is 0 Å². The molecule has 0 aliphatic rings. The van der Waals surface area contributed by atoms with Crippen LogP contribution < -0.4 is 15.5 Å². The lowest BCUT2D eigenvalue weighted by Gasteiger charge is -2.15. The highest BCUT2D eigenvalue weighted by Gasteiger charge is 2.34. The van der Waals surface area contributed by atoms with Crippen molar-refractivity contribution in [2.24, 2.45) is 0 Å². The summed E-state index contributed by atoms with van der Waals surface area (Å²) in [7, 11) is -4.88. The minimum Gasteiger partial charge on any atom is -0.423 e. The molecule has 0 aromatic heterocycles. The summed E-state index contributed by atoms with van der Waals surface area (Å²) in [5.74, 6) is -0.765. The second-order valence-corrected chi connectivity index (χ2v) is 7.21. The van der Waals surface area contributed by atoms with Crippen LogP contribution in [0, 0.1) is 0 Å². The van der Waals surface area contributed by atoms with E-state index in [0.717, 1.165) is 12.1 Å². The molecule has 1 aromatic rings. The average Bonchev–Trinajstić information content (AvgIpc) is 2.12. The van der Waals surface area contributed by atoms with Crippen LogP contribution >= 0.6 is 7.14 Å². The van der Waals surface area contributed by atoms with Gasteiger partial charge in [-0.1, -0.05) is 12.1 Å². The van der Waals surface area contributed by atoms with E-state index in [4.69, 9.17) is 10.0 Å². The van der Waals surface area contributed by atoms with Gasteiger partial charge in [0.25, 0.3) is 0 Å². The maximum absolute atomic E-state index is 12.2. The molecule has 0 unspecified atom stereocenters. The fraction of sp³-hybridized carbons (Fsp3) is 0.333. The van der Waals surface area contributed by atoms with Crippen LogP contribution in [0.25, 0.3) is 0 Å². The summed E-state index contributed by atoms with van der Waals surface area (Å²) >= 11 is 0. The number of benzene rings is 1. The van der Waals surface area contributed by atoms with E-state index >= 15 is 0 Å². The normalized spacial score (nSPS) is 12.4. The van der Waals surface area contributed by atoms with Crippen molar-refractivity contribution >= 4 is 25.0 Å². The van der Waals surface area contributed by atoms with E-state index in [-0.39, 0.29) is 5.30 Å². The summed E-state index contributed by atoms with van der Waals surface area (Å²) < 4.78 is 51.9. The number of hydrogen-bond donors (Lipinski definition) is 2. The minimum atomic E-state index is -4.96. The van der Waals surface area contributed by atoms with Gasteiger partial charge in [0.1, 0.15) is 12.9 Å². The van der Waals surface area contributed by atoms with E-state index in [1.54, 1.807) is 0 Å². The van der Waals surface area contributed by atoms with Crippen molar-refractivity contribution in [1.82, 2.24) is 0 Å². The van der Waals surface area contributed by atoms with Crippen molar-refractivity contribution in [3.8, 4) is 5.75 Å². The minimum absolute atomic E-state index is 0.158. The van der Waals surface area contributed by atoms with Gasteiger partial charge in [0.2, 0.25) is 0 Å². The standard InChI is InChI=1S/C9H11BF3O4P/c1-18(2,16)6-3-4-7(10(14)15)8(5-6)17-9(11,12)13/h3-5,14-15H,1-2H3. The van der Waals surface area contributed by atoms with E-state index in [1.165, 1.54) is 19.4 Å². The molecule has 0 bridgehead atoms. The fourth-order valence-electron chi connectivity index (χ4n) is 1.28. The molecule has 0 atom stereocenters. The van der Waals surface area contributed by atoms with Crippen molar-refractivity contribution in [3.63, 3.8) is 0 Å². The Morgan fingerprint density at radius 1 is 1.28 bits per heavy atom. The first-order valence-electron chi connectivity index (χ1n) is 4.82. The zero-order valence-corrected chi connectivity index (χ0v) is 10.5. The number of alkyl halides is 3. The number of rotatable bonds is 3. The highest BCUT2D eigenvalue weighted by atomic mass is 31.2. The van der Waals surface area contributed by atoms with Gasteiger partial charge in [-0.3, -0.25) is 0 Å². The Morgan fingerprint density at radius 2 is 1.83 bits per heavy atom. The Labute approximate surface area is 102 Å². The lowest BCUT2D eigenvalue weighted by atomic mass is 9.79. The number of hydrogen-bond acceptors (Lipinski definition) is 4.